The summed E-state index contributed by atoms with van der Waals surface area (Å²) in [6.45, 7) is 0.656. The van der Waals surface area contributed by atoms with Gasteiger partial charge in [-0.25, -0.2) is 0 Å². The van der Waals surface area contributed by atoms with Crippen LogP contribution in [0.2, 0.25) is 0 Å². The van der Waals surface area contributed by atoms with Gasteiger partial charge in [-0.15, -0.1) is 0 Å². The third-order valence-corrected chi connectivity index (χ3v) is 6.26. The molecule has 26 heavy (non-hydrogen) atoms. The number of nitrogens with one attached hydrogen (secondary N) is 1. The van der Waals surface area contributed by atoms with Gasteiger partial charge in [-0.1, -0.05) is 46.7 Å². The minimum absolute atomic E-state index is 0.265. The molecule has 3 aromatic rings. The zero-order valence-electron chi connectivity index (χ0n) is 14.3. The van der Waals surface area contributed by atoms with Crippen molar-refractivity contribution in [1.82, 2.24) is 9.88 Å². The van der Waals surface area contributed by atoms with Gasteiger partial charge in [0.1, 0.15) is 11.0 Å². The van der Waals surface area contributed by atoms with Crippen LogP contribution in [0.5, 0.6) is 5.75 Å². The standard InChI is InChI=1S/C20H18N2O3S/c1-25-17-9-4-3-6-13(17)12-22-11-10-14-15(7-5-8-16(14)22)18-19(23)21-20(24)26(18)2/h3-11,18H,2,12H2,1H3,(H,21,23,24). The molecule has 2 atom stereocenters. The highest BCUT2D eigenvalue weighted by Gasteiger charge is 2.36. The first kappa shape index (κ1) is 16.6. The molecule has 2 aromatic carbocycles. The second-order valence-electron chi connectivity index (χ2n) is 6.12. The van der Waals surface area contributed by atoms with Crippen molar-refractivity contribution in [3.63, 3.8) is 0 Å². The zero-order valence-corrected chi connectivity index (χ0v) is 15.1. The number of imide groups is 1. The quantitative estimate of drug-likeness (QED) is 0.717. The van der Waals surface area contributed by atoms with Crippen molar-refractivity contribution in [2.45, 2.75) is 11.8 Å². The number of hydrogen-bond acceptors (Lipinski definition) is 3. The van der Waals surface area contributed by atoms with E-state index in [0.29, 0.717) is 6.54 Å². The fourth-order valence-electron chi connectivity index (χ4n) is 3.39. The molecule has 2 heterocycles. The van der Waals surface area contributed by atoms with E-state index in [-0.39, 0.29) is 11.1 Å². The molecule has 0 bridgehead atoms. The summed E-state index contributed by atoms with van der Waals surface area (Å²) in [5.41, 5.74) is 2.93. The van der Waals surface area contributed by atoms with E-state index in [9.17, 15) is 9.59 Å². The lowest BCUT2D eigenvalue weighted by Crippen LogP contribution is -2.20. The fourth-order valence-corrected chi connectivity index (χ4v) is 4.67. The fraction of sp³-hybridized carbons (Fsp3) is 0.150. The summed E-state index contributed by atoms with van der Waals surface area (Å²) in [5, 5.41) is 2.55. The van der Waals surface area contributed by atoms with Crippen LogP contribution >= 0.6 is 10.5 Å². The largest absolute Gasteiger partial charge is 0.496 e. The van der Waals surface area contributed by atoms with Gasteiger partial charge in [-0.3, -0.25) is 14.9 Å². The van der Waals surface area contributed by atoms with Crippen molar-refractivity contribution >= 4 is 38.4 Å². The molecule has 2 amide bonds. The number of nitrogens with zero attached hydrogens (tertiary/aromatic N) is 1. The molecule has 1 aliphatic rings. The maximum absolute atomic E-state index is 12.2. The number of amides is 2. The predicted molar refractivity (Wildman–Crippen MR) is 105 cm³/mol. The van der Waals surface area contributed by atoms with Crippen molar-refractivity contribution in [3.8, 4) is 5.75 Å². The van der Waals surface area contributed by atoms with E-state index in [1.165, 1.54) is 0 Å². The first-order valence-electron chi connectivity index (χ1n) is 8.17. The monoisotopic (exact) mass is 366 g/mol. The Balaban J connectivity index is 1.78. The number of benzene rings is 2. The molecule has 1 fully saturated rings. The average Bonchev–Trinajstić information content (AvgIpc) is 3.16. The van der Waals surface area contributed by atoms with E-state index in [0.717, 1.165) is 27.8 Å². The number of methoxy groups -OCH3 is 1. The number of carbonyl (C=O) groups excluding carboxylic acids is 2. The van der Waals surface area contributed by atoms with Crippen LogP contribution in [0.25, 0.3) is 10.9 Å². The Kier molecular flexibility index (Phi) is 4.12. The molecule has 0 spiro atoms. The Morgan fingerprint density at radius 2 is 1.96 bits per heavy atom. The van der Waals surface area contributed by atoms with E-state index < -0.39 is 15.7 Å². The molecule has 132 valence electrons. The van der Waals surface area contributed by atoms with Gasteiger partial charge in [-0.05, 0) is 23.8 Å². The summed E-state index contributed by atoms with van der Waals surface area (Å²) in [4.78, 5) is 24.1. The highest BCUT2D eigenvalue weighted by atomic mass is 32.2. The van der Waals surface area contributed by atoms with E-state index >= 15 is 0 Å². The number of hydrogen-bond donors (Lipinski definition) is 1. The van der Waals surface area contributed by atoms with Crippen molar-refractivity contribution in [1.29, 1.82) is 0 Å². The molecule has 1 aromatic heterocycles. The van der Waals surface area contributed by atoms with Gasteiger partial charge in [0.05, 0.1) is 13.7 Å². The predicted octanol–water partition coefficient (Wildman–Crippen LogP) is 3.69. The second-order valence-corrected chi connectivity index (χ2v) is 7.82. The van der Waals surface area contributed by atoms with E-state index in [1.807, 2.05) is 54.7 Å². The van der Waals surface area contributed by atoms with Gasteiger partial charge in [0.15, 0.2) is 0 Å². The number of aromatic nitrogens is 1. The first-order valence-corrected chi connectivity index (χ1v) is 9.63. The van der Waals surface area contributed by atoms with Crippen LogP contribution in [0.1, 0.15) is 16.4 Å². The van der Waals surface area contributed by atoms with Crippen LogP contribution in [-0.2, 0) is 11.3 Å². The second kappa shape index (κ2) is 6.46. The smallest absolute Gasteiger partial charge is 0.280 e. The highest BCUT2D eigenvalue weighted by molar-refractivity contribution is 8.28. The molecule has 1 saturated heterocycles. The van der Waals surface area contributed by atoms with E-state index in [2.05, 4.69) is 15.8 Å². The van der Waals surface area contributed by atoms with Gasteiger partial charge in [0, 0.05) is 22.7 Å². The third kappa shape index (κ3) is 2.63. The van der Waals surface area contributed by atoms with Gasteiger partial charge in [0.2, 0.25) is 5.91 Å². The number of carbonyl (C=O) groups is 2. The molecule has 4 rings (SSSR count). The van der Waals surface area contributed by atoms with Crippen molar-refractivity contribution in [2.24, 2.45) is 0 Å². The summed E-state index contributed by atoms with van der Waals surface area (Å²) < 4.78 is 7.56. The molecular weight excluding hydrogens is 348 g/mol. The topological polar surface area (TPSA) is 60.3 Å². The van der Waals surface area contributed by atoms with Gasteiger partial charge < -0.3 is 9.30 Å². The van der Waals surface area contributed by atoms with E-state index in [1.54, 1.807) is 7.11 Å². The summed E-state index contributed by atoms with van der Waals surface area (Å²) in [5.74, 6) is 4.48. The Hall–Kier alpha value is -2.86. The Morgan fingerprint density at radius 3 is 2.69 bits per heavy atom. The lowest BCUT2D eigenvalue weighted by Gasteiger charge is -2.12. The summed E-state index contributed by atoms with van der Waals surface area (Å²) in [7, 11) is 0.757. The average molecular weight is 366 g/mol. The number of fused-ring (bicyclic) bond motifs is 1. The first-order chi connectivity index (χ1) is 12.6. The summed E-state index contributed by atoms with van der Waals surface area (Å²) in [6.07, 6.45) is 2.00. The lowest BCUT2D eigenvalue weighted by atomic mass is 10.1. The number of ether oxygens (including phenoxy) is 1. The normalized spacial score (nSPS) is 19.7. The van der Waals surface area contributed by atoms with Crippen LogP contribution in [0.15, 0.2) is 54.7 Å². The maximum Gasteiger partial charge on any atom is 0.280 e. The molecule has 6 heteroatoms. The summed E-state index contributed by atoms with van der Waals surface area (Å²) >= 11 is 0. The Bertz CT molecular complexity index is 1050. The molecule has 0 radical (unpaired) electrons. The van der Waals surface area contributed by atoms with Crippen molar-refractivity contribution < 1.29 is 14.3 Å². The maximum atomic E-state index is 12.2. The van der Waals surface area contributed by atoms with Crippen LogP contribution in [0.4, 0.5) is 4.79 Å². The number of rotatable bonds is 4. The van der Waals surface area contributed by atoms with E-state index in [4.69, 9.17) is 4.74 Å². The Morgan fingerprint density at radius 1 is 1.15 bits per heavy atom. The molecule has 2 unspecified atom stereocenters. The molecule has 1 aliphatic heterocycles. The molecule has 1 N–H and O–H groups in total. The molecule has 5 nitrogen and oxygen atoms in total. The third-order valence-electron chi connectivity index (χ3n) is 4.65. The van der Waals surface area contributed by atoms with Gasteiger partial charge >= 0.3 is 0 Å². The van der Waals surface area contributed by atoms with Crippen LogP contribution in [0, 0.1) is 0 Å². The summed E-state index contributed by atoms with van der Waals surface area (Å²) in [6, 6.07) is 15.7. The van der Waals surface area contributed by atoms with Crippen molar-refractivity contribution in [3.05, 3.63) is 65.9 Å². The van der Waals surface area contributed by atoms with Crippen molar-refractivity contribution in [2.75, 3.05) is 7.11 Å². The molecular formula is C20H18N2O3S. The minimum Gasteiger partial charge on any atom is -0.496 e. The van der Waals surface area contributed by atoms with Crippen LogP contribution in [0.3, 0.4) is 0 Å². The van der Waals surface area contributed by atoms with Gasteiger partial charge in [-0.2, -0.15) is 0 Å². The number of para-hydroxylation sites is 1. The van der Waals surface area contributed by atoms with Crippen LogP contribution in [-0.4, -0.2) is 28.7 Å². The minimum atomic E-state index is -0.905. The lowest BCUT2D eigenvalue weighted by molar-refractivity contribution is -0.119. The highest BCUT2D eigenvalue weighted by Crippen LogP contribution is 2.42. The molecule has 0 aliphatic carbocycles. The molecule has 0 saturated carbocycles. The van der Waals surface area contributed by atoms with Crippen LogP contribution < -0.4 is 10.1 Å². The van der Waals surface area contributed by atoms with Gasteiger partial charge in [0.25, 0.3) is 5.24 Å². The SMILES string of the molecule is C=S1C(=O)NC(=O)C1c1cccc2c1ccn2Cc1ccccc1OC. The zero-order chi connectivity index (χ0) is 18.3. The Labute approximate surface area is 153 Å².